The standard InChI is InChI=1S/C16H24N2/c1-13(2)18-12-16(14-4-8-17-9-5-14)10-15(11-16)6-3-7-15/h4-5,8-9,13,18H,3,6-7,10-12H2,1-2H3. The molecule has 2 aliphatic rings. The molecule has 2 nitrogen and oxygen atoms in total. The zero-order valence-corrected chi connectivity index (χ0v) is 11.6. The molecule has 0 saturated heterocycles. The molecule has 1 spiro atoms. The minimum absolute atomic E-state index is 0.383. The van der Waals surface area contributed by atoms with Crippen molar-refractivity contribution in [3.05, 3.63) is 30.1 Å². The Bertz CT molecular complexity index is 398. The van der Waals surface area contributed by atoms with Gasteiger partial charge in [-0.05, 0) is 48.8 Å². The third-order valence-electron chi connectivity index (χ3n) is 4.98. The van der Waals surface area contributed by atoms with E-state index < -0.39 is 0 Å². The third-order valence-corrected chi connectivity index (χ3v) is 4.98. The molecule has 2 aliphatic carbocycles. The molecule has 0 bridgehead atoms. The van der Waals surface area contributed by atoms with Crippen molar-refractivity contribution in [2.45, 2.75) is 57.4 Å². The zero-order valence-electron chi connectivity index (χ0n) is 11.6. The number of aromatic nitrogens is 1. The lowest BCUT2D eigenvalue weighted by Gasteiger charge is -2.62. The predicted molar refractivity (Wildman–Crippen MR) is 74.6 cm³/mol. The lowest BCUT2D eigenvalue weighted by atomic mass is 9.44. The van der Waals surface area contributed by atoms with Gasteiger partial charge in [0.15, 0.2) is 0 Å². The minimum atomic E-state index is 0.383. The first-order chi connectivity index (χ1) is 8.64. The highest BCUT2D eigenvalue weighted by Crippen LogP contribution is 2.64. The molecule has 18 heavy (non-hydrogen) atoms. The van der Waals surface area contributed by atoms with Crippen LogP contribution in [0.1, 0.15) is 51.5 Å². The Labute approximate surface area is 110 Å². The minimum Gasteiger partial charge on any atom is -0.314 e. The van der Waals surface area contributed by atoms with E-state index in [-0.39, 0.29) is 0 Å². The average Bonchev–Trinajstić information content (AvgIpc) is 2.27. The Morgan fingerprint density at radius 2 is 1.89 bits per heavy atom. The summed E-state index contributed by atoms with van der Waals surface area (Å²) in [5.74, 6) is 0. The van der Waals surface area contributed by atoms with Crippen molar-refractivity contribution < 1.29 is 0 Å². The molecular weight excluding hydrogens is 220 g/mol. The van der Waals surface area contributed by atoms with Crippen LogP contribution >= 0.6 is 0 Å². The van der Waals surface area contributed by atoms with E-state index in [9.17, 15) is 0 Å². The Kier molecular flexibility index (Phi) is 2.93. The number of hydrogen-bond acceptors (Lipinski definition) is 2. The van der Waals surface area contributed by atoms with E-state index in [1.54, 1.807) is 0 Å². The molecule has 1 heterocycles. The second kappa shape index (κ2) is 4.34. The van der Waals surface area contributed by atoms with Gasteiger partial charge in [-0.25, -0.2) is 0 Å². The summed E-state index contributed by atoms with van der Waals surface area (Å²) < 4.78 is 0. The van der Waals surface area contributed by atoms with Crippen LogP contribution in [0.4, 0.5) is 0 Å². The molecule has 3 rings (SSSR count). The maximum Gasteiger partial charge on any atom is 0.0270 e. The Hall–Kier alpha value is -0.890. The summed E-state index contributed by atoms with van der Waals surface area (Å²) in [4.78, 5) is 4.16. The monoisotopic (exact) mass is 244 g/mol. The first-order valence-electron chi connectivity index (χ1n) is 7.28. The highest BCUT2D eigenvalue weighted by molar-refractivity contribution is 5.30. The number of nitrogens with zero attached hydrogens (tertiary/aromatic N) is 1. The van der Waals surface area contributed by atoms with Gasteiger partial charge in [0, 0.05) is 30.4 Å². The van der Waals surface area contributed by atoms with Gasteiger partial charge in [-0.1, -0.05) is 20.3 Å². The van der Waals surface area contributed by atoms with Crippen LogP contribution in [0.15, 0.2) is 24.5 Å². The van der Waals surface area contributed by atoms with Gasteiger partial charge >= 0.3 is 0 Å². The highest BCUT2D eigenvalue weighted by Gasteiger charge is 2.57. The van der Waals surface area contributed by atoms with Crippen molar-refractivity contribution in [2.24, 2.45) is 5.41 Å². The smallest absolute Gasteiger partial charge is 0.0270 e. The molecule has 1 aromatic heterocycles. The summed E-state index contributed by atoms with van der Waals surface area (Å²) in [6.45, 7) is 5.59. The van der Waals surface area contributed by atoms with Gasteiger partial charge in [-0.15, -0.1) is 0 Å². The molecule has 0 aromatic carbocycles. The fraction of sp³-hybridized carbons (Fsp3) is 0.688. The first kappa shape index (κ1) is 12.2. The second-order valence-corrected chi connectivity index (χ2v) is 6.76. The SMILES string of the molecule is CC(C)NCC1(c2ccncc2)CC2(CCC2)C1. The van der Waals surface area contributed by atoms with E-state index in [0.717, 1.165) is 6.54 Å². The molecule has 98 valence electrons. The fourth-order valence-corrected chi connectivity index (χ4v) is 3.95. The summed E-state index contributed by atoms with van der Waals surface area (Å²) in [5, 5.41) is 3.65. The molecule has 2 heteroatoms. The molecule has 0 unspecified atom stereocenters. The summed E-state index contributed by atoms with van der Waals surface area (Å²) in [6, 6.07) is 5.00. The molecule has 0 radical (unpaired) electrons. The van der Waals surface area contributed by atoms with Crippen LogP contribution in [0.5, 0.6) is 0 Å². The van der Waals surface area contributed by atoms with E-state index in [4.69, 9.17) is 0 Å². The van der Waals surface area contributed by atoms with Crippen molar-refractivity contribution in [2.75, 3.05) is 6.54 Å². The van der Waals surface area contributed by atoms with Gasteiger partial charge in [0.2, 0.25) is 0 Å². The summed E-state index contributed by atoms with van der Waals surface area (Å²) in [7, 11) is 0. The highest BCUT2D eigenvalue weighted by atomic mass is 14.9. The quantitative estimate of drug-likeness (QED) is 0.879. The van der Waals surface area contributed by atoms with Gasteiger partial charge in [-0.2, -0.15) is 0 Å². The number of rotatable bonds is 4. The predicted octanol–water partition coefficient (Wildman–Crippen LogP) is 3.28. The van der Waals surface area contributed by atoms with Gasteiger partial charge in [-0.3, -0.25) is 4.98 Å². The van der Waals surface area contributed by atoms with Crippen LogP contribution in [0, 0.1) is 5.41 Å². The van der Waals surface area contributed by atoms with Gasteiger partial charge in [0.05, 0.1) is 0 Å². The summed E-state index contributed by atoms with van der Waals surface area (Å²) in [5.41, 5.74) is 2.58. The number of nitrogens with one attached hydrogen (secondary N) is 1. The molecule has 1 aromatic rings. The normalized spacial score (nSPS) is 23.7. The third kappa shape index (κ3) is 1.97. The van der Waals surface area contributed by atoms with Crippen LogP contribution in [-0.4, -0.2) is 17.6 Å². The number of pyridine rings is 1. The van der Waals surface area contributed by atoms with Crippen LogP contribution < -0.4 is 5.32 Å². The number of hydrogen-bond donors (Lipinski definition) is 1. The molecule has 2 fully saturated rings. The maximum absolute atomic E-state index is 4.16. The topological polar surface area (TPSA) is 24.9 Å². The van der Waals surface area contributed by atoms with Crippen molar-refractivity contribution in [3.63, 3.8) is 0 Å². The summed E-state index contributed by atoms with van der Waals surface area (Å²) in [6.07, 6.45) is 11.0. The van der Waals surface area contributed by atoms with Crippen molar-refractivity contribution in [3.8, 4) is 0 Å². The van der Waals surface area contributed by atoms with E-state index >= 15 is 0 Å². The van der Waals surface area contributed by atoms with E-state index in [1.807, 2.05) is 12.4 Å². The second-order valence-electron chi connectivity index (χ2n) is 6.76. The van der Waals surface area contributed by atoms with Crippen LogP contribution in [-0.2, 0) is 5.41 Å². The Balaban J connectivity index is 1.77. The van der Waals surface area contributed by atoms with Crippen LogP contribution in [0.3, 0.4) is 0 Å². The van der Waals surface area contributed by atoms with Gasteiger partial charge in [0.1, 0.15) is 0 Å². The largest absolute Gasteiger partial charge is 0.314 e. The fourth-order valence-electron chi connectivity index (χ4n) is 3.95. The van der Waals surface area contributed by atoms with Crippen LogP contribution in [0.2, 0.25) is 0 Å². The zero-order chi connectivity index (χ0) is 12.6. The molecule has 0 amide bonds. The molecule has 1 N–H and O–H groups in total. The lowest BCUT2D eigenvalue weighted by molar-refractivity contribution is -0.0489. The molecule has 0 atom stereocenters. The summed E-state index contributed by atoms with van der Waals surface area (Å²) >= 11 is 0. The average molecular weight is 244 g/mol. The Morgan fingerprint density at radius 3 is 2.39 bits per heavy atom. The van der Waals surface area contributed by atoms with Crippen LogP contribution in [0.25, 0.3) is 0 Å². The van der Waals surface area contributed by atoms with Gasteiger partial charge in [0.25, 0.3) is 0 Å². The Morgan fingerprint density at radius 1 is 1.22 bits per heavy atom. The van der Waals surface area contributed by atoms with Crippen molar-refractivity contribution in [1.82, 2.24) is 10.3 Å². The molecule has 2 saturated carbocycles. The maximum atomic E-state index is 4.16. The lowest BCUT2D eigenvalue weighted by Crippen LogP contribution is -2.57. The van der Waals surface area contributed by atoms with Gasteiger partial charge < -0.3 is 5.32 Å². The van der Waals surface area contributed by atoms with E-state index in [0.29, 0.717) is 16.9 Å². The van der Waals surface area contributed by atoms with Crippen molar-refractivity contribution in [1.29, 1.82) is 0 Å². The van der Waals surface area contributed by atoms with Crippen molar-refractivity contribution >= 4 is 0 Å². The molecular formula is C16H24N2. The first-order valence-corrected chi connectivity index (χ1v) is 7.28. The molecule has 0 aliphatic heterocycles. The van der Waals surface area contributed by atoms with E-state index in [1.165, 1.54) is 37.7 Å². The van der Waals surface area contributed by atoms with E-state index in [2.05, 4.69) is 36.3 Å².